The van der Waals surface area contributed by atoms with Gasteiger partial charge in [0.15, 0.2) is 0 Å². The fraction of sp³-hybridized carbons (Fsp3) is 0.467. The molecule has 2 rings (SSSR count). The third-order valence-corrected chi connectivity index (χ3v) is 3.24. The van der Waals surface area contributed by atoms with Gasteiger partial charge in [0.25, 0.3) is 0 Å². The molecule has 0 aliphatic rings. The number of para-hydroxylation sites is 1. The van der Waals surface area contributed by atoms with Gasteiger partial charge < -0.3 is 10.1 Å². The van der Waals surface area contributed by atoms with Crippen molar-refractivity contribution in [2.24, 2.45) is 7.05 Å². The van der Waals surface area contributed by atoms with E-state index in [1.807, 2.05) is 36.9 Å². The summed E-state index contributed by atoms with van der Waals surface area (Å²) in [5, 5.41) is 7.63. The van der Waals surface area contributed by atoms with Crippen LogP contribution in [0.15, 0.2) is 30.6 Å². The van der Waals surface area contributed by atoms with E-state index in [2.05, 4.69) is 28.4 Å². The Balaban J connectivity index is 2.26. The summed E-state index contributed by atoms with van der Waals surface area (Å²) >= 11 is 0. The van der Waals surface area contributed by atoms with Gasteiger partial charge in [-0.15, -0.1) is 0 Å². The average Bonchev–Trinajstić information content (AvgIpc) is 2.85. The lowest BCUT2D eigenvalue weighted by Gasteiger charge is -2.20. The molecule has 1 heterocycles. The summed E-state index contributed by atoms with van der Waals surface area (Å²) in [5.41, 5.74) is 1.17. The summed E-state index contributed by atoms with van der Waals surface area (Å²) in [4.78, 5) is 4.31. The maximum Gasteiger partial charge on any atom is 0.138 e. The molecule has 1 atom stereocenters. The van der Waals surface area contributed by atoms with Crippen LogP contribution in [0.25, 0.3) is 0 Å². The third-order valence-electron chi connectivity index (χ3n) is 3.24. The van der Waals surface area contributed by atoms with Crippen LogP contribution < -0.4 is 10.1 Å². The predicted octanol–water partition coefficient (Wildman–Crippen LogP) is 2.11. The molecule has 0 spiro atoms. The Morgan fingerprint density at radius 3 is 2.75 bits per heavy atom. The third kappa shape index (κ3) is 3.36. The number of rotatable bonds is 7. The molecule has 0 saturated heterocycles. The molecule has 0 bridgehead atoms. The van der Waals surface area contributed by atoms with Gasteiger partial charge in [0.05, 0.1) is 6.61 Å². The van der Waals surface area contributed by atoms with Crippen molar-refractivity contribution in [1.29, 1.82) is 0 Å². The quantitative estimate of drug-likeness (QED) is 0.840. The molecule has 1 aromatic carbocycles. The lowest BCUT2D eigenvalue weighted by Crippen LogP contribution is -2.24. The van der Waals surface area contributed by atoms with Crippen molar-refractivity contribution < 1.29 is 4.74 Å². The van der Waals surface area contributed by atoms with E-state index in [1.165, 1.54) is 5.56 Å². The first-order chi connectivity index (χ1) is 9.76. The highest BCUT2D eigenvalue weighted by atomic mass is 16.5. The molecule has 0 fully saturated rings. The molecule has 0 amide bonds. The van der Waals surface area contributed by atoms with Crippen LogP contribution in [-0.2, 0) is 13.5 Å². The van der Waals surface area contributed by atoms with E-state index in [0.29, 0.717) is 6.61 Å². The number of hydrogen-bond donors (Lipinski definition) is 1. The molecule has 1 unspecified atom stereocenters. The van der Waals surface area contributed by atoms with Crippen LogP contribution in [0, 0.1) is 0 Å². The second-order valence-corrected chi connectivity index (χ2v) is 4.59. The molecular formula is C15H22N4O. The molecule has 0 aliphatic heterocycles. The Kier molecular flexibility index (Phi) is 5.12. The fourth-order valence-corrected chi connectivity index (χ4v) is 2.28. The van der Waals surface area contributed by atoms with Crippen LogP contribution in [0.2, 0.25) is 0 Å². The van der Waals surface area contributed by atoms with Gasteiger partial charge in [-0.1, -0.05) is 25.1 Å². The van der Waals surface area contributed by atoms with E-state index in [-0.39, 0.29) is 6.04 Å². The molecule has 0 saturated carbocycles. The van der Waals surface area contributed by atoms with E-state index in [1.54, 1.807) is 6.33 Å². The van der Waals surface area contributed by atoms with Gasteiger partial charge in [0.1, 0.15) is 17.9 Å². The molecule has 20 heavy (non-hydrogen) atoms. The highest BCUT2D eigenvalue weighted by Gasteiger charge is 2.17. The molecule has 1 N–H and O–H groups in total. The highest BCUT2D eigenvalue weighted by molar-refractivity contribution is 5.36. The Morgan fingerprint density at radius 1 is 1.30 bits per heavy atom. The maximum absolute atomic E-state index is 5.73. The summed E-state index contributed by atoms with van der Waals surface area (Å²) in [5.74, 6) is 1.89. The van der Waals surface area contributed by atoms with Gasteiger partial charge >= 0.3 is 0 Å². The normalized spacial score (nSPS) is 12.3. The largest absolute Gasteiger partial charge is 0.494 e. The van der Waals surface area contributed by atoms with E-state index >= 15 is 0 Å². The molecule has 0 radical (unpaired) electrons. The van der Waals surface area contributed by atoms with Crippen LogP contribution in [0.3, 0.4) is 0 Å². The first kappa shape index (κ1) is 14.5. The van der Waals surface area contributed by atoms with Crippen LogP contribution in [0.1, 0.15) is 31.3 Å². The highest BCUT2D eigenvalue weighted by Crippen LogP contribution is 2.27. The minimum Gasteiger partial charge on any atom is -0.494 e. The van der Waals surface area contributed by atoms with E-state index in [4.69, 9.17) is 4.74 Å². The molecule has 5 heteroatoms. The number of aromatic nitrogens is 3. The summed E-state index contributed by atoms with van der Waals surface area (Å²) in [6.07, 6.45) is 2.38. The summed E-state index contributed by atoms with van der Waals surface area (Å²) in [7, 11) is 1.92. The predicted molar refractivity (Wildman–Crippen MR) is 78.7 cm³/mol. The van der Waals surface area contributed by atoms with Crippen molar-refractivity contribution >= 4 is 0 Å². The SMILES string of the molecule is CCNC(Cc1ncnn1C)c1ccccc1OCC. The van der Waals surface area contributed by atoms with Gasteiger partial charge in [0, 0.05) is 25.1 Å². The fourth-order valence-electron chi connectivity index (χ4n) is 2.28. The Bertz CT molecular complexity index is 538. The second-order valence-electron chi connectivity index (χ2n) is 4.59. The molecule has 1 aromatic heterocycles. The van der Waals surface area contributed by atoms with Crippen LogP contribution in [0.4, 0.5) is 0 Å². The number of hydrogen-bond acceptors (Lipinski definition) is 4. The standard InChI is InChI=1S/C15H22N4O/c1-4-16-13(10-15-17-11-18-19(15)3)12-8-6-7-9-14(12)20-5-2/h6-9,11,13,16H,4-5,10H2,1-3H3. The Hall–Kier alpha value is -1.88. The summed E-state index contributed by atoms with van der Waals surface area (Å²) in [6, 6.07) is 8.33. The topological polar surface area (TPSA) is 52.0 Å². The Morgan fingerprint density at radius 2 is 2.10 bits per heavy atom. The van der Waals surface area contributed by atoms with E-state index in [9.17, 15) is 0 Å². The van der Waals surface area contributed by atoms with Gasteiger partial charge in [-0.25, -0.2) is 4.98 Å². The maximum atomic E-state index is 5.73. The van der Waals surface area contributed by atoms with E-state index < -0.39 is 0 Å². The summed E-state index contributed by atoms with van der Waals surface area (Å²) < 4.78 is 7.54. The monoisotopic (exact) mass is 274 g/mol. The second kappa shape index (κ2) is 7.05. The van der Waals surface area contributed by atoms with Gasteiger partial charge in [-0.05, 0) is 19.5 Å². The molecule has 108 valence electrons. The lowest BCUT2D eigenvalue weighted by molar-refractivity contribution is 0.331. The number of nitrogens with zero attached hydrogens (tertiary/aromatic N) is 3. The van der Waals surface area contributed by atoms with Gasteiger partial charge in [0.2, 0.25) is 0 Å². The van der Waals surface area contributed by atoms with Crippen LogP contribution >= 0.6 is 0 Å². The zero-order valence-electron chi connectivity index (χ0n) is 12.3. The molecule has 0 aliphatic carbocycles. The smallest absolute Gasteiger partial charge is 0.138 e. The van der Waals surface area contributed by atoms with Gasteiger partial charge in [-0.2, -0.15) is 5.10 Å². The number of benzene rings is 1. The van der Waals surface area contributed by atoms with Gasteiger partial charge in [-0.3, -0.25) is 4.68 Å². The molecule has 5 nitrogen and oxygen atoms in total. The van der Waals surface area contributed by atoms with Crippen molar-refractivity contribution in [1.82, 2.24) is 20.1 Å². The van der Waals surface area contributed by atoms with Crippen molar-refractivity contribution in [2.75, 3.05) is 13.2 Å². The molecule has 2 aromatic rings. The van der Waals surface area contributed by atoms with Crippen LogP contribution in [-0.4, -0.2) is 27.9 Å². The zero-order valence-corrected chi connectivity index (χ0v) is 12.3. The van der Waals surface area contributed by atoms with Crippen LogP contribution in [0.5, 0.6) is 5.75 Å². The molecular weight excluding hydrogens is 252 g/mol. The van der Waals surface area contributed by atoms with Crippen molar-refractivity contribution in [3.8, 4) is 5.75 Å². The lowest BCUT2D eigenvalue weighted by atomic mass is 10.0. The first-order valence-electron chi connectivity index (χ1n) is 7.04. The number of nitrogens with one attached hydrogen (secondary N) is 1. The average molecular weight is 274 g/mol. The zero-order chi connectivity index (χ0) is 14.4. The van der Waals surface area contributed by atoms with Crippen molar-refractivity contribution in [3.63, 3.8) is 0 Å². The number of aryl methyl sites for hydroxylation is 1. The van der Waals surface area contributed by atoms with E-state index in [0.717, 1.165) is 24.5 Å². The minimum atomic E-state index is 0.172. The number of ether oxygens (including phenoxy) is 1. The minimum absolute atomic E-state index is 0.172. The number of likely N-dealkylation sites (N-methyl/N-ethyl adjacent to an activating group) is 1. The van der Waals surface area contributed by atoms with Crippen molar-refractivity contribution in [3.05, 3.63) is 42.0 Å². The first-order valence-corrected chi connectivity index (χ1v) is 7.04. The summed E-state index contributed by atoms with van der Waals surface area (Å²) in [6.45, 7) is 5.66. The Labute approximate surface area is 120 Å². The van der Waals surface area contributed by atoms with Crippen molar-refractivity contribution in [2.45, 2.75) is 26.3 Å².